The molecule has 0 bridgehead atoms. The van der Waals surface area contributed by atoms with E-state index in [1.54, 1.807) is 0 Å². The SMILES string of the molecule is CCC(C)(C)O[P+](=O)OC(C)(C)CC. The highest BCUT2D eigenvalue weighted by Gasteiger charge is 2.37. The zero-order valence-electron chi connectivity index (χ0n) is 10.1. The van der Waals surface area contributed by atoms with Gasteiger partial charge >= 0.3 is 8.25 Å². The molecule has 0 atom stereocenters. The van der Waals surface area contributed by atoms with E-state index in [4.69, 9.17) is 9.05 Å². The molecule has 0 aliphatic heterocycles. The summed E-state index contributed by atoms with van der Waals surface area (Å²) in [6, 6.07) is 0. The zero-order valence-corrected chi connectivity index (χ0v) is 11.0. The fourth-order valence-corrected chi connectivity index (χ4v) is 1.65. The fourth-order valence-electron chi connectivity index (χ4n) is 0.551. The molecule has 0 N–H and O–H groups in total. The quantitative estimate of drug-likeness (QED) is 0.634. The summed E-state index contributed by atoms with van der Waals surface area (Å²) in [6.45, 7) is 11.6. The van der Waals surface area contributed by atoms with Gasteiger partial charge in [0.2, 0.25) is 0 Å². The van der Waals surface area contributed by atoms with Crippen molar-refractivity contribution < 1.29 is 13.6 Å². The molecule has 0 aliphatic rings. The molecular formula is C10H22O3P+. The Balaban J connectivity index is 4.12. The first-order chi connectivity index (χ1) is 6.22. The van der Waals surface area contributed by atoms with E-state index in [-0.39, 0.29) is 11.2 Å². The van der Waals surface area contributed by atoms with Gasteiger partial charge in [-0.25, -0.2) is 0 Å². The van der Waals surface area contributed by atoms with Crippen molar-refractivity contribution in [2.24, 2.45) is 0 Å². The molecule has 84 valence electrons. The zero-order chi connectivity index (χ0) is 11.4. The van der Waals surface area contributed by atoms with Gasteiger partial charge in [-0.05, 0) is 40.5 Å². The van der Waals surface area contributed by atoms with Crippen LogP contribution in [0.4, 0.5) is 0 Å². The molecule has 0 saturated heterocycles. The van der Waals surface area contributed by atoms with Gasteiger partial charge in [-0.15, -0.1) is 9.05 Å². The third kappa shape index (κ3) is 5.69. The molecule has 0 saturated carbocycles. The van der Waals surface area contributed by atoms with Crippen LogP contribution >= 0.6 is 8.25 Å². The summed E-state index contributed by atoms with van der Waals surface area (Å²) in [5, 5.41) is 0. The molecular weight excluding hydrogens is 199 g/mol. The van der Waals surface area contributed by atoms with Gasteiger partial charge in [0.15, 0.2) is 0 Å². The average Bonchev–Trinajstić information content (AvgIpc) is 2.02. The first-order valence-corrected chi connectivity index (χ1v) is 6.17. The van der Waals surface area contributed by atoms with E-state index in [9.17, 15) is 4.57 Å². The van der Waals surface area contributed by atoms with Crippen LogP contribution in [0, 0.1) is 0 Å². The Hall–Kier alpha value is 0.0200. The number of rotatable bonds is 6. The molecule has 0 aromatic carbocycles. The Labute approximate surface area is 88.1 Å². The van der Waals surface area contributed by atoms with Crippen LogP contribution in [0.15, 0.2) is 0 Å². The van der Waals surface area contributed by atoms with Crippen molar-refractivity contribution in [3.8, 4) is 0 Å². The second kappa shape index (κ2) is 5.20. The minimum Gasteiger partial charge on any atom is -0.113 e. The van der Waals surface area contributed by atoms with Crippen LogP contribution < -0.4 is 0 Å². The first-order valence-electron chi connectivity index (χ1n) is 5.08. The van der Waals surface area contributed by atoms with Gasteiger partial charge in [0.1, 0.15) is 11.2 Å². The van der Waals surface area contributed by atoms with Gasteiger partial charge in [-0.1, -0.05) is 13.8 Å². The van der Waals surface area contributed by atoms with Crippen LogP contribution in [0.1, 0.15) is 54.4 Å². The molecule has 0 fully saturated rings. The van der Waals surface area contributed by atoms with Crippen LogP contribution in [0.2, 0.25) is 0 Å². The van der Waals surface area contributed by atoms with Gasteiger partial charge in [0, 0.05) is 4.57 Å². The van der Waals surface area contributed by atoms with Gasteiger partial charge in [0.25, 0.3) is 0 Å². The summed E-state index contributed by atoms with van der Waals surface area (Å²) < 4.78 is 22.1. The summed E-state index contributed by atoms with van der Waals surface area (Å²) in [7, 11) is -2.02. The smallest absolute Gasteiger partial charge is 0.113 e. The molecule has 0 rings (SSSR count). The maximum atomic E-state index is 11.5. The highest BCUT2D eigenvalue weighted by molar-refractivity contribution is 7.33. The molecule has 4 heteroatoms. The molecule has 0 aromatic rings. The van der Waals surface area contributed by atoms with Crippen LogP contribution in [0.3, 0.4) is 0 Å². The summed E-state index contributed by atoms with van der Waals surface area (Å²) in [5.74, 6) is 0. The lowest BCUT2D eigenvalue weighted by molar-refractivity contribution is 0.0418. The predicted molar refractivity (Wildman–Crippen MR) is 58.5 cm³/mol. The molecule has 0 unspecified atom stereocenters. The van der Waals surface area contributed by atoms with Crippen molar-refractivity contribution in [3.63, 3.8) is 0 Å². The molecule has 3 nitrogen and oxygen atoms in total. The van der Waals surface area contributed by atoms with Crippen LogP contribution in [0.25, 0.3) is 0 Å². The molecule has 14 heavy (non-hydrogen) atoms. The van der Waals surface area contributed by atoms with E-state index in [1.165, 1.54) is 0 Å². The van der Waals surface area contributed by atoms with Crippen LogP contribution in [0.5, 0.6) is 0 Å². The van der Waals surface area contributed by atoms with Crippen molar-refractivity contribution >= 4 is 8.25 Å². The lowest BCUT2D eigenvalue weighted by Gasteiger charge is -2.17. The van der Waals surface area contributed by atoms with Crippen molar-refractivity contribution in [2.45, 2.75) is 65.6 Å². The van der Waals surface area contributed by atoms with Gasteiger partial charge in [-0.3, -0.25) is 0 Å². The second-order valence-electron chi connectivity index (χ2n) is 4.63. The predicted octanol–water partition coefficient (Wildman–Crippen LogP) is 4.05. The minimum absolute atomic E-state index is 0.378. The molecule has 0 spiro atoms. The third-order valence-electron chi connectivity index (χ3n) is 2.35. The van der Waals surface area contributed by atoms with E-state index in [2.05, 4.69) is 0 Å². The van der Waals surface area contributed by atoms with E-state index in [0.717, 1.165) is 12.8 Å². The molecule has 0 aliphatic carbocycles. The van der Waals surface area contributed by atoms with Crippen molar-refractivity contribution in [1.82, 2.24) is 0 Å². The Morgan fingerprint density at radius 1 is 0.929 bits per heavy atom. The molecule has 0 aromatic heterocycles. The molecule has 0 amide bonds. The minimum atomic E-state index is -2.02. The van der Waals surface area contributed by atoms with Gasteiger partial charge in [-0.2, -0.15) is 0 Å². The Bertz CT molecular complexity index is 180. The first kappa shape index (κ1) is 14.0. The second-order valence-corrected chi connectivity index (χ2v) is 5.45. The highest BCUT2D eigenvalue weighted by atomic mass is 31.1. The van der Waals surface area contributed by atoms with E-state index in [1.807, 2.05) is 41.5 Å². The van der Waals surface area contributed by atoms with E-state index >= 15 is 0 Å². The van der Waals surface area contributed by atoms with Crippen molar-refractivity contribution in [3.05, 3.63) is 0 Å². The van der Waals surface area contributed by atoms with Gasteiger partial charge in [0.05, 0.1) is 0 Å². The van der Waals surface area contributed by atoms with Gasteiger partial charge < -0.3 is 0 Å². The average molecular weight is 221 g/mol. The monoisotopic (exact) mass is 221 g/mol. The van der Waals surface area contributed by atoms with E-state index in [0.29, 0.717) is 0 Å². The Morgan fingerprint density at radius 2 is 1.21 bits per heavy atom. The third-order valence-corrected chi connectivity index (χ3v) is 3.63. The topological polar surface area (TPSA) is 35.5 Å². The Morgan fingerprint density at radius 3 is 1.43 bits per heavy atom. The van der Waals surface area contributed by atoms with Crippen LogP contribution in [-0.2, 0) is 13.6 Å². The summed E-state index contributed by atoms with van der Waals surface area (Å²) >= 11 is 0. The van der Waals surface area contributed by atoms with Crippen molar-refractivity contribution in [1.29, 1.82) is 0 Å². The summed E-state index contributed by atoms with van der Waals surface area (Å²) in [5.41, 5.74) is -0.755. The van der Waals surface area contributed by atoms with Crippen LogP contribution in [-0.4, -0.2) is 11.2 Å². The standard InChI is InChI=1S/C10H22O3P/c1-7-9(3,4)12-14(11)13-10(5,6)8-2/h7-8H2,1-6H3/q+1. The van der Waals surface area contributed by atoms with Crippen molar-refractivity contribution in [2.75, 3.05) is 0 Å². The highest BCUT2D eigenvalue weighted by Crippen LogP contribution is 2.37. The number of hydrogen-bond acceptors (Lipinski definition) is 3. The fraction of sp³-hybridized carbons (Fsp3) is 1.00. The largest absolute Gasteiger partial charge is 0.698 e. The number of hydrogen-bond donors (Lipinski definition) is 0. The molecule has 0 heterocycles. The lowest BCUT2D eigenvalue weighted by Crippen LogP contribution is -2.23. The Kier molecular flexibility index (Phi) is 5.21. The van der Waals surface area contributed by atoms with E-state index < -0.39 is 8.25 Å². The maximum Gasteiger partial charge on any atom is 0.698 e. The molecule has 0 radical (unpaired) electrons. The lowest BCUT2D eigenvalue weighted by atomic mass is 10.1. The summed E-state index contributed by atoms with van der Waals surface area (Å²) in [4.78, 5) is 0. The maximum absolute atomic E-state index is 11.5. The summed E-state index contributed by atoms with van der Waals surface area (Å²) in [6.07, 6.45) is 1.62. The normalized spacial score (nSPS) is 13.0.